The highest BCUT2D eigenvalue weighted by atomic mass is 32.2. The van der Waals surface area contributed by atoms with Crippen LogP contribution in [0.4, 0.5) is 0 Å². The summed E-state index contributed by atoms with van der Waals surface area (Å²) in [6.45, 7) is 5.43. The zero-order valence-corrected chi connectivity index (χ0v) is 13.9. The van der Waals surface area contributed by atoms with Crippen LogP contribution in [0.5, 0.6) is 0 Å². The summed E-state index contributed by atoms with van der Waals surface area (Å²) in [6.07, 6.45) is 7.21. The molecule has 1 saturated heterocycles. The molecule has 0 aromatic carbocycles. The van der Waals surface area contributed by atoms with Crippen LogP contribution in [-0.2, 0) is 0 Å². The smallest absolute Gasteiger partial charge is 0.157 e. The summed E-state index contributed by atoms with van der Waals surface area (Å²) in [5, 5.41) is 8.11. The van der Waals surface area contributed by atoms with Crippen LogP contribution in [0.2, 0.25) is 0 Å². The summed E-state index contributed by atoms with van der Waals surface area (Å²) in [5.74, 6) is 2.52. The van der Waals surface area contributed by atoms with Crippen molar-refractivity contribution in [2.75, 3.05) is 12.3 Å². The van der Waals surface area contributed by atoms with E-state index >= 15 is 0 Å². The summed E-state index contributed by atoms with van der Waals surface area (Å²) in [6, 6.07) is 0. The maximum absolute atomic E-state index is 4.78. The van der Waals surface area contributed by atoms with Crippen molar-refractivity contribution in [3.05, 3.63) is 16.6 Å². The van der Waals surface area contributed by atoms with Crippen molar-refractivity contribution in [3.8, 4) is 0 Å². The van der Waals surface area contributed by atoms with Crippen LogP contribution in [-0.4, -0.2) is 28.0 Å². The second kappa shape index (κ2) is 6.06. The molecule has 1 aliphatic heterocycles. The van der Waals surface area contributed by atoms with E-state index in [4.69, 9.17) is 4.99 Å². The first-order valence-electron chi connectivity index (χ1n) is 7.52. The van der Waals surface area contributed by atoms with Gasteiger partial charge in [-0.2, -0.15) is 0 Å². The van der Waals surface area contributed by atoms with E-state index in [1.165, 1.54) is 36.4 Å². The van der Waals surface area contributed by atoms with E-state index in [0.29, 0.717) is 11.5 Å². The third-order valence-corrected chi connectivity index (χ3v) is 6.68. The number of hydrogen-bond acceptors (Lipinski definition) is 4. The fraction of sp³-hybridized carbons (Fsp3) is 0.733. The quantitative estimate of drug-likeness (QED) is 0.920. The standard InChI is InChI=1S/C15H23N3S2/c1-11-3-5-15(6-4-11)10-20-14(18-15)17-9-12(2)13-16-7-8-19-13/h7-8,11-12H,3-6,9-10H2,1-2H3,(H,17,18). The highest BCUT2D eigenvalue weighted by molar-refractivity contribution is 8.14. The van der Waals surface area contributed by atoms with Gasteiger partial charge in [0.15, 0.2) is 5.17 Å². The molecule has 1 saturated carbocycles. The van der Waals surface area contributed by atoms with Crippen molar-refractivity contribution in [1.29, 1.82) is 0 Å². The van der Waals surface area contributed by atoms with Crippen LogP contribution in [0.1, 0.15) is 50.5 Å². The van der Waals surface area contributed by atoms with Gasteiger partial charge in [0.05, 0.1) is 11.6 Å². The molecule has 0 bridgehead atoms. The molecule has 2 fully saturated rings. The predicted octanol–water partition coefficient (Wildman–Crippen LogP) is 3.89. The molecular formula is C15H23N3S2. The van der Waals surface area contributed by atoms with Crippen molar-refractivity contribution in [1.82, 2.24) is 10.3 Å². The van der Waals surface area contributed by atoms with Crippen LogP contribution in [0.25, 0.3) is 0 Å². The molecule has 1 aromatic heterocycles. The summed E-state index contributed by atoms with van der Waals surface area (Å²) >= 11 is 3.64. The van der Waals surface area contributed by atoms with E-state index in [0.717, 1.165) is 17.6 Å². The second-order valence-electron chi connectivity index (χ2n) is 6.29. The Morgan fingerprint density at radius 3 is 3.00 bits per heavy atom. The van der Waals surface area contributed by atoms with Crippen LogP contribution in [0.15, 0.2) is 16.6 Å². The summed E-state index contributed by atoms with van der Waals surface area (Å²) < 4.78 is 0. The number of rotatable bonds is 3. The minimum atomic E-state index is 0.348. The summed E-state index contributed by atoms with van der Waals surface area (Å²) in [5.41, 5.74) is 0.348. The van der Waals surface area contributed by atoms with Gasteiger partial charge >= 0.3 is 0 Å². The molecule has 0 radical (unpaired) electrons. The van der Waals surface area contributed by atoms with Gasteiger partial charge in [-0.3, -0.25) is 4.99 Å². The Morgan fingerprint density at radius 1 is 1.50 bits per heavy atom. The van der Waals surface area contributed by atoms with Crippen LogP contribution in [0, 0.1) is 5.92 Å². The molecule has 3 nitrogen and oxygen atoms in total. The molecule has 1 N–H and O–H groups in total. The van der Waals surface area contributed by atoms with Gasteiger partial charge in [0, 0.05) is 28.8 Å². The highest BCUT2D eigenvalue weighted by Crippen LogP contribution is 2.38. The molecule has 1 atom stereocenters. The first-order chi connectivity index (χ1) is 9.67. The molecule has 1 spiro atoms. The Hall–Kier alpha value is -0.550. The molecule has 2 heterocycles. The SMILES string of the molecule is CC1CCC2(CC1)CSC(=NCC(C)c1nccs1)N2. The average Bonchev–Trinajstić information content (AvgIpc) is 3.10. The zero-order chi connectivity index (χ0) is 14.0. The lowest BCUT2D eigenvalue weighted by atomic mass is 9.78. The van der Waals surface area contributed by atoms with Crippen molar-refractivity contribution in [3.63, 3.8) is 0 Å². The van der Waals surface area contributed by atoms with Crippen molar-refractivity contribution >= 4 is 28.3 Å². The number of hydrogen-bond donors (Lipinski definition) is 1. The van der Waals surface area contributed by atoms with Gasteiger partial charge in [0.2, 0.25) is 0 Å². The summed E-state index contributed by atoms with van der Waals surface area (Å²) in [4.78, 5) is 9.16. The first-order valence-corrected chi connectivity index (χ1v) is 9.38. The van der Waals surface area contributed by atoms with Crippen LogP contribution < -0.4 is 5.32 Å². The molecule has 1 unspecified atom stereocenters. The largest absolute Gasteiger partial charge is 0.359 e. The average molecular weight is 310 g/mol. The lowest BCUT2D eigenvalue weighted by molar-refractivity contribution is 0.251. The summed E-state index contributed by atoms with van der Waals surface area (Å²) in [7, 11) is 0. The second-order valence-corrected chi connectivity index (χ2v) is 8.18. The highest BCUT2D eigenvalue weighted by Gasteiger charge is 2.39. The number of aromatic nitrogens is 1. The van der Waals surface area contributed by atoms with Crippen LogP contribution >= 0.6 is 23.1 Å². The fourth-order valence-corrected chi connectivity index (χ4v) is 4.87. The van der Waals surface area contributed by atoms with Crippen molar-refractivity contribution < 1.29 is 0 Å². The number of amidine groups is 1. The molecule has 110 valence electrons. The first kappa shape index (κ1) is 14.4. The molecule has 1 aliphatic carbocycles. The maximum Gasteiger partial charge on any atom is 0.157 e. The van der Waals surface area contributed by atoms with Gasteiger partial charge in [0.1, 0.15) is 0 Å². The lowest BCUT2D eigenvalue weighted by Gasteiger charge is -2.35. The molecular weight excluding hydrogens is 286 g/mol. The van der Waals surface area contributed by atoms with E-state index in [1.54, 1.807) is 11.3 Å². The lowest BCUT2D eigenvalue weighted by Crippen LogP contribution is -2.46. The molecule has 3 rings (SSSR count). The van der Waals surface area contributed by atoms with Gasteiger partial charge in [-0.1, -0.05) is 25.6 Å². The topological polar surface area (TPSA) is 37.3 Å². The van der Waals surface area contributed by atoms with Gasteiger partial charge in [-0.05, 0) is 31.6 Å². The molecule has 20 heavy (non-hydrogen) atoms. The molecule has 2 aliphatic rings. The Kier molecular flexibility index (Phi) is 4.36. The van der Waals surface area contributed by atoms with Crippen molar-refractivity contribution in [2.45, 2.75) is 51.0 Å². The Labute approximate surface area is 129 Å². The normalized spacial score (nSPS) is 33.5. The van der Waals surface area contributed by atoms with E-state index in [1.807, 2.05) is 23.3 Å². The minimum Gasteiger partial charge on any atom is -0.359 e. The van der Waals surface area contributed by atoms with Gasteiger partial charge in [-0.25, -0.2) is 4.98 Å². The van der Waals surface area contributed by atoms with Crippen molar-refractivity contribution in [2.24, 2.45) is 10.9 Å². The Balaban J connectivity index is 1.56. The molecule has 5 heteroatoms. The molecule has 0 amide bonds. The number of nitrogens with one attached hydrogen (secondary N) is 1. The van der Waals surface area contributed by atoms with E-state index < -0.39 is 0 Å². The minimum absolute atomic E-state index is 0.348. The Bertz CT molecular complexity index is 461. The van der Waals surface area contributed by atoms with Gasteiger partial charge < -0.3 is 5.32 Å². The zero-order valence-electron chi connectivity index (χ0n) is 12.3. The third-order valence-electron chi connectivity index (χ3n) is 4.47. The van der Waals surface area contributed by atoms with E-state index in [2.05, 4.69) is 24.1 Å². The van der Waals surface area contributed by atoms with Gasteiger partial charge in [0.25, 0.3) is 0 Å². The number of aliphatic imine (C=N–C) groups is 1. The monoisotopic (exact) mass is 309 g/mol. The van der Waals surface area contributed by atoms with E-state index in [9.17, 15) is 0 Å². The third kappa shape index (κ3) is 3.19. The van der Waals surface area contributed by atoms with Gasteiger partial charge in [-0.15, -0.1) is 11.3 Å². The number of nitrogens with zero attached hydrogens (tertiary/aromatic N) is 2. The van der Waals surface area contributed by atoms with E-state index in [-0.39, 0.29) is 0 Å². The fourth-order valence-electron chi connectivity index (χ4n) is 2.95. The predicted molar refractivity (Wildman–Crippen MR) is 88.8 cm³/mol. The number of thioether (sulfide) groups is 1. The number of thiazole rings is 1. The molecule has 1 aromatic rings. The Morgan fingerprint density at radius 2 is 2.30 bits per heavy atom. The van der Waals surface area contributed by atoms with Crippen LogP contribution in [0.3, 0.4) is 0 Å². The maximum atomic E-state index is 4.78.